The van der Waals surface area contributed by atoms with Crippen LogP contribution in [0.4, 0.5) is 11.4 Å². The first-order valence-corrected chi connectivity index (χ1v) is 12.2. The molecule has 1 amide bonds. The van der Waals surface area contributed by atoms with Gasteiger partial charge in [0.05, 0.1) is 29.3 Å². The van der Waals surface area contributed by atoms with E-state index >= 15 is 0 Å². The van der Waals surface area contributed by atoms with Crippen LogP contribution in [-0.2, 0) is 19.6 Å². The molecule has 1 aliphatic rings. The molecule has 2 aromatic carbocycles. The van der Waals surface area contributed by atoms with Gasteiger partial charge < -0.3 is 15.0 Å². The normalized spacial score (nSPS) is 14.4. The van der Waals surface area contributed by atoms with Crippen molar-refractivity contribution in [2.24, 2.45) is 4.40 Å². The molecule has 31 heavy (non-hydrogen) atoms. The minimum atomic E-state index is -3.84. The molecule has 2 aromatic rings. The van der Waals surface area contributed by atoms with Crippen molar-refractivity contribution in [1.29, 1.82) is 0 Å². The molecule has 0 bridgehead atoms. The number of fused-ring (bicyclic) bond motifs is 1. The first kappa shape index (κ1) is 22.8. The van der Waals surface area contributed by atoms with E-state index in [1.807, 2.05) is 6.92 Å². The molecule has 8 nitrogen and oxygen atoms in total. The number of para-hydroxylation sites is 2. The van der Waals surface area contributed by atoms with Gasteiger partial charge in [-0.2, -0.15) is 8.42 Å². The summed E-state index contributed by atoms with van der Waals surface area (Å²) in [7, 11) is -3.84. The highest BCUT2D eigenvalue weighted by Gasteiger charge is 2.30. The standard InChI is InChI=1S/C21H23N3O5S2/c1-3-13-24-17-11-7-8-12-18(17)31(27,28)23-21(24)30-14-19(25)22-16-10-6-5-9-15(16)20(26)29-4-2/h5-12H,3-4,13-14H2,1-2H3,(H,22,25). The van der Waals surface area contributed by atoms with E-state index in [0.717, 1.165) is 18.2 Å². The van der Waals surface area contributed by atoms with Gasteiger partial charge in [0.1, 0.15) is 4.90 Å². The molecule has 1 heterocycles. The second-order valence-corrected chi connectivity index (χ2v) is 9.09. The number of esters is 1. The highest BCUT2D eigenvalue weighted by Crippen LogP contribution is 2.34. The van der Waals surface area contributed by atoms with Gasteiger partial charge in [0.25, 0.3) is 10.0 Å². The van der Waals surface area contributed by atoms with Crippen molar-refractivity contribution >= 4 is 50.2 Å². The molecular weight excluding hydrogens is 438 g/mol. The van der Waals surface area contributed by atoms with Crippen molar-refractivity contribution < 1.29 is 22.7 Å². The number of hydrogen-bond donors (Lipinski definition) is 1. The lowest BCUT2D eigenvalue weighted by molar-refractivity contribution is -0.113. The monoisotopic (exact) mass is 461 g/mol. The van der Waals surface area contributed by atoms with Crippen molar-refractivity contribution in [3.05, 3.63) is 54.1 Å². The molecule has 10 heteroatoms. The summed E-state index contributed by atoms with van der Waals surface area (Å²) in [6, 6.07) is 13.2. The topological polar surface area (TPSA) is 105 Å². The van der Waals surface area contributed by atoms with Crippen molar-refractivity contribution in [2.45, 2.75) is 25.2 Å². The Balaban J connectivity index is 1.76. The van der Waals surface area contributed by atoms with E-state index < -0.39 is 21.9 Å². The number of hydrogen-bond acceptors (Lipinski definition) is 7. The quantitative estimate of drug-likeness (QED) is 0.629. The fourth-order valence-corrected chi connectivity index (χ4v) is 5.32. The lowest BCUT2D eigenvalue weighted by atomic mass is 10.2. The SMILES string of the molecule is CCCN1C(SCC(=O)Nc2ccccc2C(=O)OCC)=NS(=O)(=O)c2ccccc21. The van der Waals surface area contributed by atoms with E-state index in [-0.39, 0.29) is 28.0 Å². The van der Waals surface area contributed by atoms with Gasteiger partial charge in [-0.3, -0.25) is 4.79 Å². The van der Waals surface area contributed by atoms with Gasteiger partial charge in [-0.25, -0.2) is 4.79 Å². The molecule has 0 saturated carbocycles. The number of amidine groups is 1. The summed E-state index contributed by atoms with van der Waals surface area (Å²) in [6.07, 6.45) is 0.771. The highest BCUT2D eigenvalue weighted by atomic mass is 32.2. The first-order chi connectivity index (χ1) is 14.9. The smallest absolute Gasteiger partial charge is 0.340 e. The predicted octanol–water partition coefficient (Wildman–Crippen LogP) is 3.51. The van der Waals surface area contributed by atoms with Crippen LogP contribution in [0.15, 0.2) is 57.8 Å². The van der Waals surface area contributed by atoms with Crippen LogP contribution in [0.3, 0.4) is 0 Å². The van der Waals surface area contributed by atoms with Crippen LogP contribution >= 0.6 is 11.8 Å². The van der Waals surface area contributed by atoms with Gasteiger partial charge in [0, 0.05) is 6.54 Å². The Kier molecular flexibility index (Phi) is 7.34. The van der Waals surface area contributed by atoms with Crippen molar-refractivity contribution in [2.75, 3.05) is 29.1 Å². The maximum atomic E-state index is 12.6. The van der Waals surface area contributed by atoms with Crippen LogP contribution in [0, 0.1) is 0 Å². The van der Waals surface area contributed by atoms with E-state index in [4.69, 9.17) is 4.74 Å². The van der Waals surface area contributed by atoms with Crippen LogP contribution in [0.25, 0.3) is 0 Å². The van der Waals surface area contributed by atoms with Gasteiger partial charge in [0.15, 0.2) is 5.17 Å². The summed E-state index contributed by atoms with van der Waals surface area (Å²) in [5.41, 5.74) is 1.14. The molecule has 0 radical (unpaired) electrons. The van der Waals surface area contributed by atoms with Crippen molar-refractivity contribution in [3.63, 3.8) is 0 Å². The Morgan fingerprint density at radius 2 is 1.81 bits per heavy atom. The summed E-state index contributed by atoms with van der Waals surface area (Å²) < 4.78 is 34.1. The van der Waals surface area contributed by atoms with Crippen LogP contribution in [0.1, 0.15) is 30.6 Å². The Morgan fingerprint density at radius 3 is 2.55 bits per heavy atom. The largest absolute Gasteiger partial charge is 0.462 e. The second-order valence-electron chi connectivity index (χ2n) is 6.57. The molecule has 0 fully saturated rings. The minimum Gasteiger partial charge on any atom is -0.462 e. The molecule has 0 atom stereocenters. The van der Waals surface area contributed by atoms with Gasteiger partial charge in [-0.15, -0.1) is 4.40 Å². The molecule has 1 N–H and O–H groups in total. The number of nitrogens with one attached hydrogen (secondary N) is 1. The minimum absolute atomic E-state index is 0.0755. The number of nitrogens with zero attached hydrogens (tertiary/aromatic N) is 2. The predicted molar refractivity (Wildman–Crippen MR) is 122 cm³/mol. The van der Waals surface area contributed by atoms with Gasteiger partial charge in [0.2, 0.25) is 5.91 Å². The zero-order valence-electron chi connectivity index (χ0n) is 17.2. The zero-order valence-corrected chi connectivity index (χ0v) is 18.8. The third kappa shape index (κ3) is 5.26. The van der Waals surface area contributed by atoms with E-state index in [2.05, 4.69) is 9.71 Å². The molecule has 0 unspecified atom stereocenters. The summed E-state index contributed by atoms with van der Waals surface area (Å²) in [5, 5.41) is 2.94. The highest BCUT2D eigenvalue weighted by molar-refractivity contribution is 8.15. The Morgan fingerprint density at radius 1 is 1.10 bits per heavy atom. The maximum absolute atomic E-state index is 12.6. The average Bonchev–Trinajstić information content (AvgIpc) is 2.75. The van der Waals surface area contributed by atoms with Gasteiger partial charge in [-0.05, 0) is 37.6 Å². The number of carbonyl (C=O) groups is 2. The number of thioether (sulfide) groups is 1. The molecule has 0 aromatic heterocycles. The molecule has 164 valence electrons. The first-order valence-electron chi connectivity index (χ1n) is 9.77. The van der Waals surface area contributed by atoms with E-state index in [9.17, 15) is 18.0 Å². The Hall–Kier alpha value is -2.85. The maximum Gasteiger partial charge on any atom is 0.340 e. The van der Waals surface area contributed by atoms with Crippen LogP contribution < -0.4 is 10.2 Å². The molecule has 0 aliphatic carbocycles. The number of ether oxygens (including phenoxy) is 1. The lowest BCUT2D eigenvalue weighted by Crippen LogP contribution is -2.35. The molecule has 3 rings (SSSR count). The molecule has 1 aliphatic heterocycles. The molecule has 0 spiro atoms. The zero-order chi connectivity index (χ0) is 22.4. The number of rotatable bonds is 7. The number of anilines is 2. The molecular formula is C21H23N3O5S2. The summed E-state index contributed by atoms with van der Waals surface area (Å²) in [6.45, 7) is 4.47. The number of sulfonamides is 1. The lowest BCUT2D eigenvalue weighted by Gasteiger charge is -2.29. The Bertz CT molecular complexity index is 1120. The third-order valence-corrected chi connectivity index (χ3v) is 6.75. The van der Waals surface area contributed by atoms with Crippen LogP contribution in [0.2, 0.25) is 0 Å². The van der Waals surface area contributed by atoms with E-state index in [0.29, 0.717) is 17.9 Å². The average molecular weight is 462 g/mol. The fraction of sp³-hybridized carbons (Fsp3) is 0.286. The van der Waals surface area contributed by atoms with Crippen molar-refractivity contribution in [1.82, 2.24) is 0 Å². The van der Waals surface area contributed by atoms with Gasteiger partial charge in [-0.1, -0.05) is 43.0 Å². The molecule has 0 saturated heterocycles. The van der Waals surface area contributed by atoms with Crippen LogP contribution in [0.5, 0.6) is 0 Å². The number of carbonyl (C=O) groups excluding carboxylic acids is 2. The van der Waals surface area contributed by atoms with E-state index in [1.165, 1.54) is 6.07 Å². The van der Waals surface area contributed by atoms with E-state index in [1.54, 1.807) is 54.3 Å². The Labute approximate surface area is 185 Å². The number of amides is 1. The summed E-state index contributed by atoms with van der Waals surface area (Å²) in [5.74, 6) is -0.995. The van der Waals surface area contributed by atoms with Gasteiger partial charge >= 0.3 is 5.97 Å². The fourth-order valence-electron chi connectivity index (χ4n) is 3.04. The van der Waals surface area contributed by atoms with Crippen LogP contribution in [-0.4, -0.2) is 44.4 Å². The second kappa shape index (κ2) is 9.97. The third-order valence-electron chi connectivity index (χ3n) is 4.34. The summed E-state index contributed by atoms with van der Waals surface area (Å²) in [4.78, 5) is 26.6. The number of benzene rings is 2. The summed E-state index contributed by atoms with van der Waals surface area (Å²) >= 11 is 1.03. The van der Waals surface area contributed by atoms with Crippen molar-refractivity contribution in [3.8, 4) is 0 Å².